The first-order valence-electron chi connectivity index (χ1n) is 6.30. The molecule has 1 aliphatic carbocycles. The number of anilines is 1. The third-order valence-electron chi connectivity index (χ3n) is 3.70. The SMILES string of the molecule is CN(C(=O)C1CCCC1C(=O)O)c1cccc(O)c1. The molecule has 0 saturated heterocycles. The molecule has 5 heteroatoms. The summed E-state index contributed by atoms with van der Waals surface area (Å²) in [4.78, 5) is 24.9. The summed E-state index contributed by atoms with van der Waals surface area (Å²) in [6.07, 6.45) is 1.93. The number of phenols is 1. The van der Waals surface area contributed by atoms with Crippen molar-refractivity contribution >= 4 is 17.6 Å². The highest BCUT2D eigenvalue weighted by Gasteiger charge is 2.39. The molecule has 0 aromatic heterocycles. The number of hydrogen-bond donors (Lipinski definition) is 2. The summed E-state index contributed by atoms with van der Waals surface area (Å²) in [6.45, 7) is 0. The topological polar surface area (TPSA) is 77.8 Å². The van der Waals surface area contributed by atoms with Crippen molar-refractivity contribution in [2.24, 2.45) is 11.8 Å². The molecule has 2 atom stereocenters. The van der Waals surface area contributed by atoms with E-state index in [1.807, 2.05) is 0 Å². The molecule has 1 fully saturated rings. The average Bonchev–Trinajstić information content (AvgIpc) is 2.86. The molecular weight excluding hydrogens is 246 g/mol. The van der Waals surface area contributed by atoms with Crippen molar-refractivity contribution in [1.29, 1.82) is 0 Å². The number of carbonyl (C=O) groups excluding carboxylic acids is 1. The first-order valence-corrected chi connectivity index (χ1v) is 6.30. The normalized spacial score (nSPS) is 22.2. The van der Waals surface area contributed by atoms with Crippen LogP contribution in [0.15, 0.2) is 24.3 Å². The fourth-order valence-corrected chi connectivity index (χ4v) is 2.63. The number of carboxylic acid groups (broad SMARTS) is 1. The number of carbonyl (C=O) groups is 2. The molecule has 0 heterocycles. The molecule has 19 heavy (non-hydrogen) atoms. The molecule has 1 saturated carbocycles. The van der Waals surface area contributed by atoms with Crippen molar-refractivity contribution in [3.8, 4) is 5.75 Å². The maximum Gasteiger partial charge on any atom is 0.307 e. The van der Waals surface area contributed by atoms with Crippen LogP contribution in [0.2, 0.25) is 0 Å². The van der Waals surface area contributed by atoms with Gasteiger partial charge >= 0.3 is 5.97 Å². The lowest BCUT2D eigenvalue weighted by atomic mass is 9.94. The summed E-state index contributed by atoms with van der Waals surface area (Å²) in [5.74, 6) is -2.08. The predicted octanol–water partition coefficient (Wildman–Crippen LogP) is 1.86. The van der Waals surface area contributed by atoms with Gasteiger partial charge in [-0.1, -0.05) is 12.5 Å². The zero-order chi connectivity index (χ0) is 14.0. The second-order valence-corrected chi connectivity index (χ2v) is 4.90. The van der Waals surface area contributed by atoms with Gasteiger partial charge in [0.05, 0.1) is 11.8 Å². The van der Waals surface area contributed by atoms with Gasteiger partial charge in [0, 0.05) is 18.8 Å². The zero-order valence-corrected chi connectivity index (χ0v) is 10.7. The van der Waals surface area contributed by atoms with Gasteiger partial charge in [-0.05, 0) is 25.0 Å². The van der Waals surface area contributed by atoms with Gasteiger partial charge in [0.25, 0.3) is 0 Å². The van der Waals surface area contributed by atoms with Crippen LogP contribution in [-0.4, -0.2) is 29.1 Å². The second-order valence-electron chi connectivity index (χ2n) is 4.90. The van der Waals surface area contributed by atoms with Crippen LogP contribution < -0.4 is 4.90 Å². The van der Waals surface area contributed by atoms with E-state index >= 15 is 0 Å². The Kier molecular flexibility index (Phi) is 3.74. The minimum atomic E-state index is -0.903. The number of benzene rings is 1. The van der Waals surface area contributed by atoms with E-state index in [1.54, 1.807) is 19.2 Å². The number of aliphatic carboxylic acids is 1. The number of rotatable bonds is 3. The van der Waals surface area contributed by atoms with Crippen LogP contribution in [0.1, 0.15) is 19.3 Å². The van der Waals surface area contributed by atoms with Crippen LogP contribution in [0.4, 0.5) is 5.69 Å². The van der Waals surface area contributed by atoms with Crippen molar-refractivity contribution in [3.63, 3.8) is 0 Å². The van der Waals surface area contributed by atoms with Crippen molar-refractivity contribution < 1.29 is 19.8 Å². The molecular formula is C14H17NO4. The van der Waals surface area contributed by atoms with Gasteiger partial charge in [0.15, 0.2) is 0 Å². The highest BCUT2D eigenvalue weighted by molar-refractivity contribution is 5.97. The second kappa shape index (κ2) is 5.30. The van der Waals surface area contributed by atoms with Crippen molar-refractivity contribution in [3.05, 3.63) is 24.3 Å². The third kappa shape index (κ3) is 2.70. The lowest BCUT2D eigenvalue weighted by Crippen LogP contribution is -2.36. The lowest BCUT2D eigenvalue weighted by Gasteiger charge is -2.23. The molecule has 1 aliphatic rings. The molecule has 5 nitrogen and oxygen atoms in total. The summed E-state index contributed by atoms with van der Waals surface area (Å²) in [7, 11) is 1.61. The van der Waals surface area contributed by atoms with E-state index in [4.69, 9.17) is 5.11 Å². The van der Waals surface area contributed by atoms with Gasteiger partial charge in [-0.15, -0.1) is 0 Å². The Morgan fingerprint density at radius 1 is 1.26 bits per heavy atom. The fourth-order valence-electron chi connectivity index (χ4n) is 2.63. The van der Waals surface area contributed by atoms with Crippen LogP contribution in [0.3, 0.4) is 0 Å². The van der Waals surface area contributed by atoms with Crippen molar-refractivity contribution in [2.75, 3.05) is 11.9 Å². The van der Waals surface area contributed by atoms with E-state index in [1.165, 1.54) is 17.0 Å². The van der Waals surface area contributed by atoms with E-state index in [9.17, 15) is 14.7 Å². The van der Waals surface area contributed by atoms with Crippen LogP contribution >= 0.6 is 0 Å². The maximum absolute atomic E-state index is 12.4. The first kappa shape index (κ1) is 13.4. The Balaban J connectivity index is 2.17. The number of hydrogen-bond acceptors (Lipinski definition) is 3. The number of carboxylic acids is 1. The molecule has 1 aromatic carbocycles. The van der Waals surface area contributed by atoms with Gasteiger partial charge < -0.3 is 15.1 Å². The monoisotopic (exact) mass is 263 g/mol. The Labute approximate surface area is 111 Å². The van der Waals surface area contributed by atoms with E-state index in [2.05, 4.69) is 0 Å². The van der Waals surface area contributed by atoms with Gasteiger partial charge in [0.1, 0.15) is 5.75 Å². The molecule has 102 valence electrons. The average molecular weight is 263 g/mol. The van der Waals surface area contributed by atoms with E-state index in [-0.39, 0.29) is 11.7 Å². The Bertz CT molecular complexity index is 500. The third-order valence-corrected chi connectivity index (χ3v) is 3.70. The molecule has 1 aromatic rings. The van der Waals surface area contributed by atoms with E-state index in [0.717, 1.165) is 6.42 Å². The molecule has 2 N–H and O–H groups in total. The molecule has 0 aliphatic heterocycles. The van der Waals surface area contributed by atoms with Gasteiger partial charge in [-0.3, -0.25) is 9.59 Å². The fraction of sp³-hybridized carbons (Fsp3) is 0.429. The van der Waals surface area contributed by atoms with Gasteiger partial charge in [-0.25, -0.2) is 0 Å². The highest BCUT2D eigenvalue weighted by Crippen LogP contribution is 2.34. The molecule has 2 rings (SSSR count). The number of phenolic OH excluding ortho intramolecular Hbond substituents is 1. The largest absolute Gasteiger partial charge is 0.508 e. The molecule has 0 bridgehead atoms. The number of aromatic hydroxyl groups is 1. The van der Waals surface area contributed by atoms with E-state index in [0.29, 0.717) is 18.5 Å². The molecule has 0 radical (unpaired) electrons. The summed E-state index contributed by atoms with van der Waals surface area (Å²) in [5, 5.41) is 18.5. The van der Waals surface area contributed by atoms with Crippen LogP contribution in [-0.2, 0) is 9.59 Å². The molecule has 2 unspecified atom stereocenters. The quantitative estimate of drug-likeness (QED) is 0.872. The van der Waals surface area contributed by atoms with Gasteiger partial charge in [0.2, 0.25) is 5.91 Å². The Morgan fingerprint density at radius 3 is 2.58 bits per heavy atom. The predicted molar refractivity (Wildman–Crippen MR) is 70.0 cm³/mol. The Morgan fingerprint density at radius 2 is 1.95 bits per heavy atom. The molecule has 0 spiro atoms. The van der Waals surface area contributed by atoms with Crippen LogP contribution in [0.25, 0.3) is 0 Å². The number of amides is 1. The smallest absolute Gasteiger partial charge is 0.307 e. The van der Waals surface area contributed by atoms with Gasteiger partial charge in [-0.2, -0.15) is 0 Å². The lowest BCUT2D eigenvalue weighted by molar-refractivity contribution is -0.145. The van der Waals surface area contributed by atoms with Crippen molar-refractivity contribution in [1.82, 2.24) is 0 Å². The minimum absolute atomic E-state index is 0.0818. The Hall–Kier alpha value is -2.04. The van der Waals surface area contributed by atoms with Crippen molar-refractivity contribution in [2.45, 2.75) is 19.3 Å². The van der Waals surface area contributed by atoms with Crippen LogP contribution in [0, 0.1) is 11.8 Å². The summed E-state index contributed by atoms with van der Waals surface area (Å²) in [5.41, 5.74) is 0.570. The summed E-state index contributed by atoms with van der Waals surface area (Å²) >= 11 is 0. The summed E-state index contributed by atoms with van der Waals surface area (Å²) < 4.78 is 0. The highest BCUT2D eigenvalue weighted by atomic mass is 16.4. The zero-order valence-electron chi connectivity index (χ0n) is 10.7. The summed E-state index contributed by atoms with van der Waals surface area (Å²) in [6, 6.07) is 6.38. The van der Waals surface area contributed by atoms with Crippen LogP contribution in [0.5, 0.6) is 5.75 Å². The first-order chi connectivity index (χ1) is 9.00. The minimum Gasteiger partial charge on any atom is -0.508 e. The maximum atomic E-state index is 12.4. The standard InChI is InChI=1S/C14H17NO4/c1-15(9-4-2-5-10(16)8-9)13(17)11-6-3-7-12(11)14(18)19/h2,4-5,8,11-12,16H,3,6-7H2,1H3,(H,18,19). The number of nitrogens with zero attached hydrogens (tertiary/aromatic N) is 1. The van der Waals surface area contributed by atoms with E-state index < -0.39 is 17.8 Å². The molecule has 1 amide bonds.